The summed E-state index contributed by atoms with van der Waals surface area (Å²) in [6.07, 6.45) is 2.04. The van der Waals surface area contributed by atoms with Gasteiger partial charge in [0, 0.05) is 6.54 Å². The number of benzene rings is 1. The predicted molar refractivity (Wildman–Crippen MR) is 66.9 cm³/mol. The fourth-order valence-corrected chi connectivity index (χ4v) is 2.31. The Kier molecular flexibility index (Phi) is 2.56. The summed E-state index contributed by atoms with van der Waals surface area (Å²) < 4.78 is 0. The summed E-state index contributed by atoms with van der Waals surface area (Å²) >= 11 is 0. The van der Waals surface area contributed by atoms with Crippen LogP contribution in [-0.4, -0.2) is 18.0 Å². The van der Waals surface area contributed by atoms with Crippen molar-refractivity contribution < 1.29 is 9.59 Å². The zero-order chi connectivity index (χ0) is 12.7. The van der Waals surface area contributed by atoms with Crippen molar-refractivity contribution in [3.05, 3.63) is 29.8 Å². The molecule has 0 aromatic heterocycles. The Morgan fingerprint density at radius 2 is 2.11 bits per heavy atom. The van der Waals surface area contributed by atoms with Gasteiger partial charge in [0.1, 0.15) is 6.04 Å². The normalized spacial score (nSPS) is 23.4. The minimum atomic E-state index is -0.334. The lowest BCUT2D eigenvalue weighted by atomic mass is 10.1. The molecule has 0 spiro atoms. The average Bonchev–Trinajstić information content (AvgIpc) is 3.16. The van der Waals surface area contributed by atoms with Gasteiger partial charge in [-0.2, -0.15) is 0 Å². The molecule has 0 bridgehead atoms. The number of rotatable bonds is 3. The van der Waals surface area contributed by atoms with Gasteiger partial charge in [0.05, 0.1) is 5.69 Å². The summed E-state index contributed by atoms with van der Waals surface area (Å²) in [5, 5.41) is 2.76. The van der Waals surface area contributed by atoms with E-state index < -0.39 is 0 Å². The van der Waals surface area contributed by atoms with Crippen molar-refractivity contribution in [1.82, 2.24) is 5.32 Å². The molecule has 2 fully saturated rings. The van der Waals surface area contributed by atoms with Gasteiger partial charge in [-0.3, -0.25) is 4.79 Å². The second kappa shape index (κ2) is 4.10. The summed E-state index contributed by atoms with van der Waals surface area (Å²) in [5.74, 6) is 0.181. The van der Waals surface area contributed by atoms with Crippen LogP contribution in [0.1, 0.15) is 18.4 Å². The lowest BCUT2D eigenvalue weighted by molar-refractivity contribution is -0.118. The quantitative estimate of drug-likeness (QED) is 0.779. The van der Waals surface area contributed by atoms with Crippen LogP contribution in [0.5, 0.6) is 0 Å². The maximum absolute atomic E-state index is 12.2. The molecule has 3 N–H and O–H groups in total. The van der Waals surface area contributed by atoms with Gasteiger partial charge >= 0.3 is 6.03 Å². The fraction of sp³-hybridized carbons (Fsp3) is 0.385. The second-order valence-electron chi connectivity index (χ2n) is 4.81. The maximum Gasteiger partial charge on any atom is 0.329 e. The predicted octanol–water partition coefficient (Wildman–Crippen LogP) is 0.980. The van der Waals surface area contributed by atoms with Gasteiger partial charge in [-0.15, -0.1) is 0 Å². The van der Waals surface area contributed by atoms with Crippen molar-refractivity contribution >= 4 is 17.6 Å². The molecule has 2 aliphatic rings. The molecule has 1 aromatic carbocycles. The number of hydrogen-bond donors (Lipinski definition) is 2. The first-order valence-corrected chi connectivity index (χ1v) is 6.14. The number of carbonyl (C=O) groups is 2. The molecule has 3 amide bonds. The smallest absolute Gasteiger partial charge is 0.326 e. The molecular weight excluding hydrogens is 230 g/mol. The Morgan fingerprint density at radius 1 is 1.33 bits per heavy atom. The van der Waals surface area contributed by atoms with Gasteiger partial charge in [0.2, 0.25) is 0 Å². The highest BCUT2D eigenvalue weighted by molar-refractivity contribution is 6.21. The van der Waals surface area contributed by atoms with Crippen LogP contribution in [0.2, 0.25) is 0 Å². The highest BCUT2D eigenvalue weighted by Crippen LogP contribution is 2.36. The molecule has 1 atom stereocenters. The number of anilines is 1. The van der Waals surface area contributed by atoms with Crippen molar-refractivity contribution in [1.29, 1.82) is 0 Å². The van der Waals surface area contributed by atoms with Crippen molar-refractivity contribution in [3.8, 4) is 0 Å². The first-order chi connectivity index (χ1) is 8.70. The molecule has 5 heteroatoms. The fourth-order valence-electron chi connectivity index (χ4n) is 2.31. The highest BCUT2D eigenvalue weighted by atomic mass is 16.2. The molecule has 3 rings (SSSR count). The topological polar surface area (TPSA) is 75.4 Å². The molecule has 1 aliphatic carbocycles. The molecule has 1 unspecified atom stereocenters. The molecule has 18 heavy (non-hydrogen) atoms. The van der Waals surface area contributed by atoms with Crippen molar-refractivity contribution in [2.24, 2.45) is 11.7 Å². The van der Waals surface area contributed by atoms with E-state index in [2.05, 4.69) is 5.32 Å². The SMILES string of the molecule is NCc1cccc(N2C(=O)NC(C3CC3)C2=O)c1. The van der Waals surface area contributed by atoms with E-state index in [1.807, 2.05) is 12.1 Å². The standard InChI is InChI=1S/C13H15N3O2/c14-7-8-2-1-3-10(6-8)16-12(17)11(9-4-5-9)15-13(16)18/h1-3,6,9,11H,4-5,7,14H2,(H,15,18). The monoisotopic (exact) mass is 245 g/mol. The number of nitrogens with two attached hydrogens (primary N) is 1. The largest absolute Gasteiger partial charge is 0.329 e. The van der Waals surface area contributed by atoms with E-state index in [0.717, 1.165) is 18.4 Å². The molecule has 5 nitrogen and oxygen atoms in total. The molecule has 94 valence electrons. The van der Waals surface area contributed by atoms with E-state index in [9.17, 15) is 9.59 Å². The lowest BCUT2D eigenvalue weighted by Gasteiger charge is -2.13. The highest BCUT2D eigenvalue weighted by Gasteiger charge is 2.46. The number of hydrogen-bond acceptors (Lipinski definition) is 3. The maximum atomic E-state index is 12.2. The van der Waals surface area contributed by atoms with Crippen LogP contribution < -0.4 is 16.0 Å². The van der Waals surface area contributed by atoms with Crippen LogP contribution >= 0.6 is 0 Å². The Hall–Kier alpha value is -1.88. The number of carbonyl (C=O) groups excluding carboxylic acids is 2. The minimum absolute atomic E-state index is 0.142. The van der Waals surface area contributed by atoms with E-state index in [1.54, 1.807) is 12.1 Å². The van der Waals surface area contributed by atoms with Crippen LogP contribution in [0, 0.1) is 5.92 Å². The molecule has 1 saturated heterocycles. The van der Waals surface area contributed by atoms with Gasteiger partial charge in [0.25, 0.3) is 5.91 Å². The third-order valence-electron chi connectivity index (χ3n) is 3.47. The molecule has 1 aliphatic heterocycles. The van der Waals surface area contributed by atoms with Gasteiger partial charge in [-0.1, -0.05) is 12.1 Å². The van der Waals surface area contributed by atoms with E-state index >= 15 is 0 Å². The summed E-state index contributed by atoms with van der Waals surface area (Å²) in [5.41, 5.74) is 7.07. The first kappa shape index (κ1) is 11.2. The van der Waals surface area contributed by atoms with Gasteiger partial charge < -0.3 is 11.1 Å². The minimum Gasteiger partial charge on any atom is -0.326 e. The molecule has 1 saturated carbocycles. The third kappa shape index (κ3) is 1.76. The number of urea groups is 1. The zero-order valence-electron chi connectivity index (χ0n) is 9.93. The number of nitrogens with one attached hydrogen (secondary N) is 1. The van der Waals surface area contributed by atoms with E-state index in [0.29, 0.717) is 18.2 Å². The summed E-state index contributed by atoms with van der Waals surface area (Å²) in [6, 6.07) is 6.56. The summed E-state index contributed by atoms with van der Waals surface area (Å²) in [6.45, 7) is 0.392. The van der Waals surface area contributed by atoms with Gasteiger partial charge in [-0.05, 0) is 36.5 Å². The van der Waals surface area contributed by atoms with Gasteiger partial charge in [-0.25, -0.2) is 9.69 Å². The average molecular weight is 245 g/mol. The Labute approximate surface area is 105 Å². The van der Waals surface area contributed by atoms with Crippen LogP contribution in [-0.2, 0) is 11.3 Å². The molecule has 1 aromatic rings. The van der Waals surface area contributed by atoms with Crippen LogP contribution in [0.3, 0.4) is 0 Å². The lowest BCUT2D eigenvalue weighted by Crippen LogP contribution is -2.32. The third-order valence-corrected chi connectivity index (χ3v) is 3.47. The number of amides is 3. The first-order valence-electron chi connectivity index (χ1n) is 6.14. The van der Waals surface area contributed by atoms with E-state index in [4.69, 9.17) is 5.73 Å². The van der Waals surface area contributed by atoms with Crippen LogP contribution in [0.25, 0.3) is 0 Å². The summed E-state index contributed by atoms with van der Waals surface area (Å²) in [4.78, 5) is 25.3. The number of nitrogens with zero attached hydrogens (tertiary/aromatic N) is 1. The Bertz CT molecular complexity index is 511. The van der Waals surface area contributed by atoms with Crippen molar-refractivity contribution in [2.75, 3.05) is 4.90 Å². The number of imide groups is 1. The van der Waals surface area contributed by atoms with E-state index in [-0.39, 0.29) is 18.0 Å². The second-order valence-corrected chi connectivity index (χ2v) is 4.81. The zero-order valence-corrected chi connectivity index (χ0v) is 9.93. The molecular formula is C13H15N3O2. The van der Waals surface area contributed by atoms with E-state index in [1.165, 1.54) is 4.90 Å². The van der Waals surface area contributed by atoms with Crippen molar-refractivity contribution in [3.63, 3.8) is 0 Å². The molecule has 1 heterocycles. The Morgan fingerprint density at radius 3 is 2.78 bits per heavy atom. The Balaban J connectivity index is 1.90. The van der Waals surface area contributed by atoms with Crippen molar-refractivity contribution in [2.45, 2.75) is 25.4 Å². The van der Waals surface area contributed by atoms with Crippen LogP contribution in [0.4, 0.5) is 10.5 Å². The molecule has 0 radical (unpaired) electrons. The van der Waals surface area contributed by atoms with Gasteiger partial charge in [0.15, 0.2) is 0 Å². The summed E-state index contributed by atoms with van der Waals surface area (Å²) in [7, 11) is 0. The van der Waals surface area contributed by atoms with Crippen LogP contribution in [0.15, 0.2) is 24.3 Å².